The van der Waals surface area contributed by atoms with E-state index >= 15 is 0 Å². The molecule has 2 aromatic rings. The number of morpholine rings is 1. The van der Waals surface area contributed by atoms with E-state index < -0.39 is 0 Å². The average molecular weight is 407 g/mol. The third-order valence-electron chi connectivity index (χ3n) is 5.78. The van der Waals surface area contributed by atoms with E-state index in [4.69, 9.17) is 10.00 Å². The minimum Gasteiger partial charge on any atom is -0.373 e. The lowest BCUT2D eigenvalue weighted by molar-refractivity contribution is -0.0502. The fraction of sp³-hybridized carbons (Fsp3) is 0.391. The van der Waals surface area contributed by atoms with Gasteiger partial charge in [-0.1, -0.05) is 36.4 Å². The molecule has 156 valence electrons. The molecule has 30 heavy (non-hydrogen) atoms. The first-order valence-electron chi connectivity index (χ1n) is 10.2. The van der Waals surface area contributed by atoms with Crippen molar-refractivity contribution in [1.82, 2.24) is 15.1 Å². The Morgan fingerprint density at radius 3 is 2.83 bits per heavy atom. The van der Waals surface area contributed by atoms with E-state index in [1.54, 1.807) is 19.2 Å². The molecule has 2 unspecified atom stereocenters. The maximum Gasteiger partial charge on any atom is 0.194 e. The highest BCUT2D eigenvalue weighted by atomic mass is 19.1. The van der Waals surface area contributed by atoms with Crippen LogP contribution in [0.5, 0.6) is 0 Å². The van der Waals surface area contributed by atoms with E-state index in [1.165, 1.54) is 11.6 Å². The number of fused-ring (bicyclic) bond motifs is 1. The van der Waals surface area contributed by atoms with Gasteiger partial charge in [-0.05, 0) is 17.7 Å². The van der Waals surface area contributed by atoms with Gasteiger partial charge in [0.25, 0.3) is 0 Å². The smallest absolute Gasteiger partial charge is 0.194 e. The third-order valence-corrected chi connectivity index (χ3v) is 5.78. The molecule has 2 heterocycles. The van der Waals surface area contributed by atoms with Crippen molar-refractivity contribution < 1.29 is 9.13 Å². The lowest BCUT2D eigenvalue weighted by Gasteiger charge is -2.36. The highest BCUT2D eigenvalue weighted by Crippen LogP contribution is 2.24. The summed E-state index contributed by atoms with van der Waals surface area (Å²) < 4.78 is 20.2. The van der Waals surface area contributed by atoms with Crippen LogP contribution in [0.2, 0.25) is 0 Å². The standard InChI is InChI=1S/C23H26FN5O/c1-26-23(27-13-19-8-7-18(12-25)11-20(19)24)29-15-21-22(16-29)30-10-9-28(21)14-17-5-3-2-4-6-17/h2-8,11,21-22H,9-10,13-16H2,1H3,(H,26,27). The predicted molar refractivity (Wildman–Crippen MR) is 113 cm³/mol. The normalized spacial score (nSPS) is 21.9. The molecule has 2 saturated heterocycles. The van der Waals surface area contributed by atoms with Crippen LogP contribution in [0.3, 0.4) is 0 Å². The van der Waals surface area contributed by atoms with E-state index in [0.717, 1.165) is 38.7 Å². The number of hydrogen-bond donors (Lipinski definition) is 1. The summed E-state index contributed by atoms with van der Waals surface area (Å²) in [6, 6.07) is 17.3. The molecular weight excluding hydrogens is 381 g/mol. The number of hydrogen-bond acceptors (Lipinski definition) is 4. The van der Waals surface area contributed by atoms with Crippen LogP contribution >= 0.6 is 0 Å². The van der Waals surface area contributed by atoms with Gasteiger partial charge in [-0.3, -0.25) is 9.89 Å². The van der Waals surface area contributed by atoms with Crippen LogP contribution in [0.4, 0.5) is 4.39 Å². The summed E-state index contributed by atoms with van der Waals surface area (Å²) in [4.78, 5) is 9.06. The molecule has 0 spiro atoms. The fourth-order valence-electron chi connectivity index (χ4n) is 4.21. The minimum absolute atomic E-state index is 0.132. The molecule has 0 aliphatic carbocycles. The Bertz CT molecular complexity index is 942. The van der Waals surface area contributed by atoms with Crippen molar-refractivity contribution in [3.8, 4) is 6.07 Å². The third kappa shape index (κ3) is 4.45. The van der Waals surface area contributed by atoms with Gasteiger partial charge in [0.1, 0.15) is 5.82 Å². The van der Waals surface area contributed by atoms with E-state index in [1.807, 2.05) is 12.1 Å². The zero-order valence-corrected chi connectivity index (χ0v) is 17.1. The number of benzene rings is 2. The molecule has 2 fully saturated rings. The van der Waals surface area contributed by atoms with Crippen molar-refractivity contribution in [3.05, 3.63) is 71.0 Å². The molecule has 0 bridgehead atoms. The topological polar surface area (TPSA) is 63.9 Å². The summed E-state index contributed by atoms with van der Waals surface area (Å²) in [6.07, 6.45) is 0.132. The molecule has 4 rings (SSSR count). The Morgan fingerprint density at radius 2 is 2.10 bits per heavy atom. The van der Waals surface area contributed by atoms with Gasteiger partial charge < -0.3 is 15.0 Å². The average Bonchev–Trinajstić information content (AvgIpc) is 3.21. The second-order valence-electron chi connectivity index (χ2n) is 7.66. The number of halogens is 1. The van der Waals surface area contributed by atoms with Gasteiger partial charge in [-0.15, -0.1) is 0 Å². The predicted octanol–water partition coefficient (Wildman–Crippen LogP) is 2.36. The van der Waals surface area contributed by atoms with Crippen LogP contribution < -0.4 is 5.32 Å². The van der Waals surface area contributed by atoms with Gasteiger partial charge in [0.2, 0.25) is 0 Å². The van der Waals surface area contributed by atoms with E-state index in [2.05, 4.69) is 44.4 Å². The van der Waals surface area contributed by atoms with Gasteiger partial charge in [-0.25, -0.2) is 4.39 Å². The molecule has 2 aliphatic heterocycles. The molecule has 0 amide bonds. The summed E-state index contributed by atoms with van der Waals surface area (Å²) >= 11 is 0. The number of ether oxygens (including phenoxy) is 1. The van der Waals surface area contributed by atoms with E-state index in [9.17, 15) is 4.39 Å². The highest BCUT2D eigenvalue weighted by molar-refractivity contribution is 5.80. The van der Waals surface area contributed by atoms with Crippen molar-refractivity contribution in [2.75, 3.05) is 33.3 Å². The number of aliphatic imine (C=N–C) groups is 1. The zero-order valence-electron chi connectivity index (χ0n) is 17.1. The number of rotatable bonds is 4. The summed E-state index contributed by atoms with van der Waals surface area (Å²) in [5, 5.41) is 12.2. The Morgan fingerprint density at radius 1 is 1.27 bits per heavy atom. The maximum absolute atomic E-state index is 14.2. The van der Waals surface area contributed by atoms with Crippen LogP contribution in [0, 0.1) is 17.1 Å². The Hall–Kier alpha value is -2.95. The van der Waals surface area contributed by atoms with Crippen LogP contribution in [-0.2, 0) is 17.8 Å². The summed E-state index contributed by atoms with van der Waals surface area (Å²) in [7, 11) is 1.74. The number of nitrogens with one attached hydrogen (secondary N) is 1. The van der Waals surface area contributed by atoms with Gasteiger partial charge in [0, 0.05) is 45.3 Å². The van der Waals surface area contributed by atoms with Crippen molar-refractivity contribution in [2.24, 2.45) is 4.99 Å². The molecule has 2 aromatic carbocycles. The SMILES string of the molecule is CN=C(NCc1ccc(C#N)cc1F)N1CC2OCCN(Cc3ccccc3)C2C1. The summed E-state index contributed by atoms with van der Waals surface area (Å²) in [6.45, 7) is 4.42. The van der Waals surface area contributed by atoms with Crippen LogP contribution in [0.25, 0.3) is 0 Å². The maximum atomic E-state index is 14.2. The minimum atomic E-state index is -0.385. The Kier molecular flexibility index (Phi) is 6.26. The number of likely N-dealkylation sites (tertiary alicyclic amines) is 1. The van der Waals surface area contributed by atoms with Crippen LogP contribution in [0.15, 0.2) is 53.5 Å². The Balaban J connectivity index is 1.39. The van der Waals surface area contributed by atoms with Crippen molar-refractivity contribution >= 4 is 5.96 Å². The molecular formula is C23H26FN5O. The van der Waals surface area contributed by atoms with Gasteiger partial charge in [-0.2, -0.15) is 5.26 Å². The van der Waals surface area contributed by atoms with Gasteiger partial charge in [0.05, 0.1) is 30.4 Å². The molecule has 0 aromatic heterocycles. The second-order valence-corrected chi connectivity index (χ2v) is 7.66. The first kappa shape index (κ1) is 20.3. The van der Waals surface area contributed by atoms with E-state index in [0.29, 0.717) is 23.7 Å². The van der Waals surface area contributed by atoms with Crippen molar-refractivity contribution in [1.29, 1.82) is 5.26 Å². The molecule has 2 atom stereocenters. The lowest BCUT2D eigenvalue weighted by Crippen LogP contribution is -2.50. The first-order valence-corrected chi connectivity index (χ1v) is 10.2. The molecule has 1 N–H and O–H groups in total. The number of guanidine groups is 1. The van der Waals surface area contributed by atoms with E-state index in [-0.39, 0.29) is 11.9 Å². The summed E-state index contributed by atoms with van der Waals surface area (Å²) in [5.74, 6) is 0.348. The molecule has 0 saturated carbocycles. The number of nitrogens with zero attached hydrogens (tertiary/aromatic N) is 4. The molecule has 2 aliphatic rings. The van der Waals surface area contributed by atoms with Crippen LogP contribution in [-0.4, -0.2) is 61.2 Å². The van der Waals surface area contributed by atoms with Gasteiger partial charge >= 0.3 is 0 Å². The molecule has 0 radical (unpaired) electrons. The second kappa shape index (κ2) is 9.24. The summed E-state index contributed by atoms with van der Waals surface area (Å²) in [5.41, 5.74) is 2.13. The van der Waals surface area contributed by atoms with Crippen LogP contribution in [0.1, 0.15) is 16.7 Å². The zero-order chi connectivity index (χ0) is 20.9. The van der Waals surface area contributed by atoms with Gasteiger partial charge in [0.15, 0.2) is 5.96 Å². The van der Waals surface area contributed by atoms with Crippen molar-refractivity contribution in [3.63, 3.8) is 0 Å². The number of nitriles is 1. The van der Waals surface area contributed by atoms with Crippen molar-refractivity contribution in [2.45, 2.75) is 25.2 Å². The quantitative estimate of drug-likeness (QED) is 0.623. The lowest BCUT2D eigenvalue weighted by atomic mass is 10.1. The fourth-order valence-corrected chi connectivity index (χ4v) is 4.21. The first-order chi connectivity index (χ1) is 14.7. The highest BCUT2D eigenvalue weighted by Gasteiger charge is 2.41. The largest absolute Gasteiger partial charge is 0.373 e. The molecule has 7 heteroatoms. The Labute approximate surface area is 176 Å². The monoisotopic (exact) mass is 407 g/mol. The molecule has 6 nitrogen and oxygen atoms in total.